The molecule has 0 saturated heterocycles. The lowest BCUT2D eigenvalue weighted by molar-refractivity contribution is -0.384. The Labute approximate surface area is 167 Å². The van der Waals surface area contributed by atoms with Crippen LogP contribution in [-0.2, 0) is 11.3 Å². The standard InChI is InChI=1S/C19H13N5O4S/c25-17(9-23-11-20-15-7-2-1-6-14(15)18(23)26)22-19-21-16(10-29-19)12-4-3-5-13(8-12)24(27)28/h1-8,10-11H,9H2,(H,21,22,25). The number of anilines is 1. The van der Waals surface area contributed by atoms with Crippen molar-refractivity contribution < 1.29 is 9.72 Å². The van der Waals surface area contributed by atoms with Crippen LogP contribution in [-0.4, -0.2) is 25.4 Å². The highest BCUT2D eigenvalue weighted by Crippen LogP contribution is 2.27. The molecule has 4 aromatic rings. The third-order valence-electron chi connectivity index (χ3n) is 4.15. The lowest BCUT2D eigenvalue weighted by Gasteiger charge is -2.06. The highest BCUT2D eigenvalue weighted by molar-refractivity contribution is 7.14. The molecule has 0 fully saturated rings. The van der Waals surface area contributed by atoms with Gasteiger partial charge in [-0.3, -0.25) is 24.3 Å². The van der Waals surface area contributed by atoms with Crippen LogP contribution in [0.5, 0.6) is 0 Å². The summed E-state index contributed by atoms with van der Waals surface area (Å²) in [6.45, 7) is -0.206. The molecule has 0 spiro atoms. The van der Waals surface area contributed by atoms with Crippen LogP contribution >= 0.6 is 11.3 Å². The predicted molar refractivity (Wildman–Crippen MR) is 109 cm³/mol. The van der Waals surface area contributed by atoms with Crippen molar-refractivity contribution >= 4 is 39.0 Å². The Hall–Kier alpha value is -3.92. The van der Waals surface area contributed by atoms with Crippen molar-refractivity contribution in [3.8, 4) is 11.3 Å². The molecular formula is C19H13N5O4S. The molecule has 1 amide bonds. The summed E-state index contributed by atoms with van der Waals surface area (Å²) in [5.41, 5.74) is 1.31. The quantitative estimate of drug-likeness (QED) is 0.401. The molecule has 29 heavy (non-hydrogen) atoms. The Bertz CT molecular complexity index is 1300. The number of nitro benzene ring substituents is 1. The summed E-state index contributed by atoms with van der Waals surface area (Å²) in [4.78, 5) is 43.7. The number of fused-ring (bicyclic) bond motifs is 1. The first-order chi connectivity index (χ1) is 14.0. The highest BCUT2D eigenvalue weighted by atomic mass is 32.1. The van der Waals surface area contributed by atoms with E-state index in [0.717, 1.165) is 0 Å². The van der Waals surface area contributed by atoms with Gasteiger partial charge in [0, 0.05) is 23.1 Å². The number of para-hydroxylation sites is 1. The number of hydrogen-bond donors (Lipinski definition) is 1. The summed E-state index contributed by atoms with van der Waals surface area (Å²) >= 11 is 1.19. The van der Waals surface area contributed by atoms with E-state index in [1.807, 2.05) is 0 Å². The van der Waals surface area contributed by atoms with Gasteiger partial charge in [-0.2, -0.15) is 0 Å². The fraction of sp³-hybridized carbons (Fsp3) is 0.0526. The molecule has 0 aliphatic rings. The summed E-state index contributed by atoms with van der Waals surface area (Å²) in [6, 6.07) is 13.0. The Balaban J connectivity index is 1.50. The van der Waals surface area contributed by atoms with E-state index in [1.54, 1.807) is 41.8 Å². The highest BCUT2D eigenvalue weighted by Gasteiger charge is 2.13. The zero-order chi connectivity index (χ0) is 20.4. The van der Waals surface area contributed by atoms with Crippen molar-refractivity contribution in [3.63, 3.8) is 0 Å². The Morgan fingerprint density at radius 3 is 2.86 bits per heavy atom. The number of rotatable bonds is 5. The molecule has 1 N–H and O–H groups in total. The van der Waals surface area contributed by atoms with Gasteiger partial charge in [-0.25, -0.2) is 9.97 Å². The van der Waals surface area contributed by atoms with E-state index in [0.29, 0.717) is 27.3 Å². The monoisotopic (exact) mass is 407 g/mol. The molecule has 0 aliphatic heterocycles. The van der Waals surface area contributed by atoms with Gasteiger partial charge in [0.25, 0.3) is 11.2 Å². The van der Waals surface area contributed by atoms with Crippen LogP contribution in [0.1, 0.15) is 0 Å². The molecule has 2 aromatic carbocycles. The van der Waals surface area contributed by atoms with E-state index < -0.39 is 10.8 Å². The van der Waals surface area contributed by atoms with Crippen LogP contribution in [0, 0.1) is 10.1 Å². The summed E-state index contributed by atoms with van der Waals surface area (Å²) in [7, 11) is 0. The van der Waals surface area contributed by atoms with Gasteiger partial charge >= 0.3 is 0 Å². The van der Waals surface area contributed by atoms with Gasteiger partial charge in [-0.1, -0.05) is 24.3 Å². The van der Waals surface area contributed by atoms with Gasteiger partial charge in [0.15, 0.2) is 5.13 Å². The van der Waals surface area contributed by atoms with Gasteiger partial charge in [0.1, 0.15) is 6.54 Å². The molecule has 2 heterocycles. The van der Waals surface area contributed by atoms with Gasteiger partial charge in [0.05, 0.1) is 27.8 Å². The topological polar surface area (TPSA) is 120 Å². The number of aromatic nitrogens is 3. The van der Waals surface area contributed by atoms with E-state index in [2.05, 4.69) is 15.3 Å². The normalized spacial score (nSPS) is 10.8. The first-order valence-corrected chi connectivity index (χ1v) is 9.33. The van der Waals surface area contributed by atoms with Crippen molar-refractivity contribution in [2.45, 2.75) is 6.54 Å². The number of amides is 1. The van der Waals surface area contributed by atoms with Gasteiger partial charge < -0.3 is 5.32 Å². The lowest BCUT2D eigenvalue weighted by Crippen LogP contribution is -2.27. The SMILES string of the molecule is O=C(Cn1cnc2ccccc2c1=O)Nc1nc(-c2cccc([N+](=O)[O-])c2)cs1. The summed E-state index contributed by atoms with van der Waals surface area (Å²) in [6.07, 6.45) is 1.33. The van der Waals surface area contributed by atoms with Crippen molar-refractivity contribution in [1.82, 2.24) is 14.5 Å². The number of benzene rings is 2. The molecule has 4 rings (SSSR count). The Morgan fingerprint density at radius 2 is 2.03 bits per heavy atom. The largest absolute Gasteiger partial charge is 0.300 e. The number of carbonyl (C=O) groups is 1. The Kier molecular flexibility index (Phi) is 4.83. The number of nitrogens with one attached hydrogen (secondary N) is 1. The average molecular weight is 407 g/mol. The number of nitrogens with zero attached hydrogens (tertiary/aromatic N) is 4. The molecule has 0 aliphatic carbocycles. The van der Waals surface area contributed by atoms with Gasteiger partial charge in [0.2, 0.25) is 5.91 Å². The van der Waals surface area contributed by atoms with Gasteiger partial charge in [-0.15, -0.1) is 11.3 Å². The third-order valence-corrected chi connectivity index (χ3v) is 4.91. The predicted octanol–water partition coefficient (Wildman–Crippen LogP) is 3.07. The zero-order valence-corrected chi connectivity index (χ0v) is 15.6. The number of carbonyl (C=O) groups excluding carboxylic acids is 1. The minimum Gasteiger partial charge on any atom is -0.300 e. The molecule has 0 unspecified atom stereocenters. The van der Waals surface area contributed by atoms with Crippen LogP contribution in [0.2, 0.25) is 0 Å². The fourth-order valence-electron chi connectivity index (χ4n) is 2.77. The second-order valence-corrected chi connectivity index (χ2v) is 6.95. The summed E-state index contributed by atoms with van der Waals surface area (Å²) < 4.78 is 1.23. The van der Waals surface area contributed by atoms with Crippen molar-refractivity contribution in [2.24, 2.45) is 0 Å². The smallest absolute Gasteiger partial charge is 0.270 e. The van der Waals surface area contributed by atoms with E-state index in [4.69, 9.17) is 0 Å². The van der Waals surface area contributed by atoms with E-state index >= 15 is 0 Å². The van der Waals surface area contributed by atoms with Crippen LogP contribution < -0.4 is 10.9 Å². The maximum absolute atomic E-state index is 12.5. The molecule has 0 atom stereocenters. The maximum Gasteiger partial charge on any atom is 0.270 e. The molecule has 144 valence electrons. The number of non-ortho nitro benzene ring substituents is 1. The average Bonchev–Trinajstić information content (AvgIpc) is 3.19. The first-order valence-electron chi connectivity index (χ1n) is 8.45. The van der Waals surface area contributed by atoms with E-state index in [-0.39, 0.29) is 17.8 Å². The third kappa shape index (κ3) is 3.87. The molecule has 0 radical (unpaired) electrons. The summed E-state index contributed by atoms with van der Waals surface area (Å²) in [5.74, 6) is -0.427. The molecule has 2 aromatic heterocycles. The second-order valence-electron chi connectivity index (χ2n) is 6.09. The van der Waals surface area contributed by atoms with Crippen LogP contribution in [0.25, 0.3) is 22.2 Å². The van der Waals surface area contributed by atoms with Crippen molar-refractivity contribution in [1.29, 1.82) is 0 Å². The first kappa shape index (κ1) is 18.4. The minimum absolute atomic E-state index is 0.0377. The van der Waals surface area contributed by atoms with Crippen LogP contribution in [0.15, 0.2) is 65.0 Å². The van der Waals surface area contributed by atoms with Crippen molar-refractivity contribution in [2.75, 3.05) is 5.32 Å². The minimum atomic E-state index is -0.478. The van der Waals surface area contributed by atoms with Crippen LogP contribution in [0.3, 0.4) is 0 Å². The maximum atomic E-state index is 12.5. The molecule has 0 saturated carbocycles. The van der Waals surface area contributed by atoms with E-state index in [1.165, 1.54) is 34.4 Å². The number of hydrogen-bond acceptors (Lipinski definition) is 7. The molecule has 10 heteroatoms. The lowest BCUT2D eigenvalue weighted by atomic mass is 10.1. The van der Waals surface area contributed by atoms with Gasteiger partial charge in [-0.05, 0) is 12.1 Å². The van der Waals surface area contributed by atoms with Crippen molar-refractivity contribution in [3.05, 3.63) is 80.7 Å². The number of nitro groups is 1. The van der Waals surface area contributed by atoms with Crippen LogP contribution in [0.4, 0.5) is 10.8 Å². The molecular weight excluding hydrogens is 394 g/mol. The van der Waals surface area contributed by atoms with E-state index in [9.17, 15) is 19.7 Å². The summed E-state index contributed by atoms with van der Waals surface area (Å²) in [5, 5.41) is 16.0. The molecule has 0 bridgehead atoms. The number of thiazole rings is 1. The zero-order valence-electron chi connectivity index (χ0n) is 14.8. The fourth-order valence-corrected chi connectivity index (χ4v) is 3.51. The molecule has 9 nitrogen and oxygen atoms in total. The second kappa shape index (κ2) is 7.60. The Morgan fingerprint density at radius 1 is 1.21 bits per heavy atom.